The van der Waals surface area contributed by atoms with E-state index in [4.69, 9.17) is 0 Å². The van der Waals surface area contributed by atoms with Crippen molar-refractivity contribution in [2.45, 2.75) is 53.4 Å². The third kappa shape index (κ3) is 2.84. The van der Waals surface area contributed by atoms with Crippen LogP contribution in [-0.2, 0) is 19.3 Å². The predicted octanol–water partition coefficient (Wildman–Crippen LogP) is 4.34. The minimum absolute atomic E-state index is 1.13. The third-order valence-corrected chi connectivity index (χ3v) is 2.99. The number of hydrogen-bond acceptors (Lipinski definition) is 0. The maximum atomic E-state index is 2.38. The average molecular weight is 203 g/mol. The number of rotatable bonds is 5. The number of benzene rings is 1. The normalized spacial score (nSPS) is 10.7. The highest BCUT2D eigenvalue weighted by Gasteiger charge is 2.07. The van der Waals surface area contributed by atoms with Gasteiger partial charge in [-0.3, -0.25) is 0 Å². The molecule has 0 amide bonds. The molecule has 83 valence electrons. The molecule has 0 aliphatic rings. The Morgan fingerprint density at radius 2 is 1.40 bits per heavy atom. The van der Waals surface area contributed by atoms with E-state index in [2.05, 4.69) is 46.2 Å². The molecule has 0 bridgehead atoms. The van der Waals surface area contributed by atoms with E-state index in [1.54, 1.807) is 0 Å². The lowest BCUT2D eigenvalue weighted by atomic mass is 9.91. The van der Waals surface area contributed by atoms with Gasteiger partial charge in [0.25, 0.3) is 0 Å². The van der Waals surface area contributed by atoms with Crippen LogP contribution in [0.1, 0.15) is 56.4 Å². The van der Waals surface area contributed by atoms with Gasteiger partial charge in [0, 0.05) is 0 Å². The van der Waals surface area contributed by atoms with Crippen LogP contribution in [0.5, 0.6) is 0 Å². The largest absolute Gasteiger partial charge is 0.0648 e. The average Bonchev–Trinajstić information content (AvgIpc) is 2.29. The Morgan fingerprint density at radius 3 is 1.73 bits per heavy atom. The second-order valence-corrected chi connectivity index (χ2v) is 4.00. The summed E-state index contributed by atoms with van der Waals surface area (Å²) in [5.74, 6) is 0. The quantitative estimate of drug-likeness (QED) is 0.668. The van der Waals surface area contributed by atoms with Crippen LogP contribution in [0, 0.1) is 6.42 Å². The van der Waals surface area contributed by atoms with Gasteiger partial charge in [0.2, 0.25) is 0 Å². The van der Waals surface area contributed by atoms with Crippen LogP contribution in [0.4, 0.5) is 0 Å². The van der Waals surface area contributed by atoms with Gasteiger partial charge in [-0.2, -0.15) is 0 Å². The lowest BCUT2D eigenvalue weighted by Gasteiger charge is -2.14. The topological polar surface area (TPSA) is 0 Å². The molecule has 1 aromatic carbocycles. The van der Waals surface area contributed by atoms with E-state index in [9.17, 15) is 0 Å². The Kier molecular flexibility index (Phi) is 4.87. The number of hydrogen-bond donors (Lipinski definition) is 0. The zero-order valence-electron chi connectivity index (χ0n) is 10.6. The zero-order valence-corrected chi connectivity index (χ0v) is 10.6. The van der Waals surface area contributed by atoms with Gasteiger partial charge in [0.05, 0.1) is 0 Å². The van der Waals surface area contributed by atoms with Gasteiger partial charge in [-0.1, -0.05) is 39.8 Å². The summed E-state index contributed by atoms with van der Waals surface area (Å²) in [5, 5.41) is 0. The van der Waals surface area contributed by atoms with Gasteiger partial charge in [0.15, 0.2) is 0 Å². The van der Waals surface area contributed by atoms with Crippen molar-refractivity contribution in [3.8, 4) is 0 Å². The molecule has 0 saturated heterocycles. The SMILES string of the molecule is CC[CH]c1c(CC)cc(CC)cc1CC. The fraction of sp³-hybridized carbons (Fsp3) is 0.533. The third-order valence-electron chi connectivity index (χ3n) is 2.99. The van der Waals surface area contributed by atoms with Crippen LogP contribution in [0.15, 0.2) is 12.1 Å². The van der Waals surface area contributed by atoms with Crippen molar-refractivity contribution >= 4 is 0 Å². The molecule has 0 fully saturated rings. The second kappa shape index (κ2) is 5.95. The van der Waals surface area contributed by atoms with Crippen LogP contribution in [0.3, 0.4) is 0 Å². The first kappa shape index (κ1) is 12.3. The van der Waals surface area contributed by atoms with E-state index in [0.717, 1.165) is 25.7 Å². The maximum absolute atomic E-state index is 2.38. The first-order valence-electron chi connectivity index (χ1n) is 6.24. The van der Waals surface area contributed by atoms with E-state index in [1.165, 1.54) is 22.3 Å². The molecular formula is C15H23. The molecule has 1 radical (unpaired) electrons. The Balaban J connectivity index is 3.19. The molecule has 0 nitrogen and oxygen atoms in total. The van der Waals surface area contributed by atoms with E-state index in [-0.39, 0.29) is 0 Å². The summed E-state index contributed by atoms with van der Waals surface area (Å²) < 4.78 is 0. The summed E-state index contributed by atoms with van der Waals surface area (Å²) in [6.07, 6.45) is 6.94. The minimum Gasteiger partial charge on any atom is -0.0648 e. The fourth-order valence-corrected chi connectivity index (χ4v) is 2.11. The van der Waals surface area contributed by atoms with Crippen molar-refractivity contribution in [3.05, 3.63) is 40.8 Å². The van der Waals surface area contributed by atoms with Gasteiger partial charge in [-0.05, 0) is 54.4 Å². The summed E-state index contributed by atoms with van der Waals surface area (Å²) in [7, 11) is 0. The molecule has 0 aromatic heterocycles. The molecular weight excluding hydrogens is 180 g/mol. The first-order valence-corrected chi connectivity index (χ1v) is 6.24. The molecule has 0 heterocycles. The molecule has 0 saturated carbocycles. The van der Waals surface area contributed by atoms with Crippen molar-refractivity contribution in [2.75, 3.05) is 0 Å². The molecule has 0 spiro atoms. The monoisotopic (exact) mass is 203 g/mol. The van der Waals surface area contributed by atoms with Crippen molar-refractivity contribution in [3.63, 3.8) is 0 Å². The van der Waals surface area contributed by atoms with Crippen LogP contribution in [0.2, 0.25) is 0 Å². The van der Waals surface area contributed by atoms with Crippen molar-refractivity contribution in [1.82, 2.24) is 0 Å². The Hall–Kier alpha value is -0.780. The van der Waals surface area contributed by atoms with Crippen LogP contribution < -0.4 is 0 Å². The summed E-state index contributed by atoms with van der Waals surface area (Å²) >= 11 is 0. The van der Waals surface area contributed by atoms with Crippen LogP contribution in [0.25, 0.3) is 0 Å². The summed E-state index contributed by atoms with van der Waals surface area (Å²) in [6.45, 7) is 8.95. The molecule has 0 aliphatic heterocycles. The van der Waals surface area contributed by atoms with E-state index >= 15 is 0 Å². The number of aryl methyl sites for hydroxylation is 3. The smallest absolute Gasteiger partial charge is 0.00901 e. The molecule has 0 atom stereocenters. The lowest BCUT2D eigenvalue weighted by molar-refractivity contribution is 0.990. The zero-order chi connectivity index (χ0) is 11.3. The standard InChI is InChI=1S/C15H23/c1-5-9-15-13(7-3)10-12(6-2)11-14(15)8-4/h9-11H,5-8H2,1-4H3. The highest BCUT2D eigenvalue weighted by atomic mass is 14.1. The summed E-state index contributed by atoms with van der Waals surface area (Å²) in [5.41, 5.74) is 6.03. The van der Waals surface area contributed by atoms with Gasteiger partial charge in [-0.15, -0.1) is 0 Å². The molecule has 0 N–H and O–H groups in total. The molecule has 1 aromatic rings. The molecule has 0 heteroatoms. The molecule has 0 aliphatic carbocycles. The van der Waals surface area contributed by atoms with Crippen molar-refractivity contribution in [2.24, 2.45) is 0 Å². The Morgan fingerprint density at radius 1 is 0.867 bits per heavy atom. The molecule has 1 rings (SSSR count). The molecule has 15 heavy (non-hydrogen) atoms. The second-order valence-electron chi connectivity index (χ2n) is 4.00. The minimum atomic E-state index is 1.13. The van der Waals surface area contributed by atoms with Crippen molar-refractivity contribution in [1.29, 1.82) is 0 Å². The lowest BCUT2D eigenvalue weighted by Crippen LogP contribution is -1.99. The van der Waals surface area contributed by atoms with Gasteiger partial charge >= 0.3 is 0 Å². The molecule has 0 unspecified atom stereocenters. The van der Waals surface area contributed by atoms with Crippen molar-refractivity contribution < 1.29 is 0 Å². The van der Waals surface area contributed by atoms with E-state index in [0.29, 0.717) is 0 Å². The van der Waals surface area contributed by atoms with Gasteiger partial charge < -0.3 is 0 Å². The van der Waals surface area contributed by atoms with E-state index < -0.39 is 0 Å². The Bertz CT molecular complexity index is 285. The van der Waals surface area contributed by atoms with Gasteiger partial charge in [-0.25, -0.2) is 0 Å². The van der Waals surface area contributed by atoms with Gasteiger partial charge in [0.1, 0.15) is 0 Å². The first-order chi connectivity index (χ1) is 7.26. The summed E-state index contributed by atoms with van der Waals surface area (Å²) in [4.78, 5) is 0. The van der Waals surface area contributed by atoms with Crippen LogP contribution in [-0.4, -0.2) is 0 Å². The predicted molar refractivity (Wildman–Crippen MR) is 68.3 cm³/mol. The van der Waals surface area contributed by atoms with E-state index in [1.807, 2.05) is 0 Å². The fourth-order valence-electron chi connectivity index (χ4n) is 2.11. The highest BCUT2D eigenvalue weighted by molar-refractivity contribution is 5.43. The Labute approximate surface area is 94.7 Å². The van der Waals surface area contributed by atoms with Crippen LogP contribution >= 0.6 is 0 Å². The highest BCUT2D eigenvalue weighted by Crippen LogP contribution is 2.22. The summed E-state index contributed by atoms with van der Waals surface area (Å²) in [6, 6.07) is 4.75. The maximum Gasteiger partial charge on any atom is -0.00901 e.